The van der Waals surface area contributed by atoms with Crippen LogP contribution in [-0.2, 0) is 16.0 Å². The molecule has 5 rings (SSSR count). The number of ketones is 1. The van der Waals surface area contributed by atoms with Crippen LogP contribution in [0, 0.1) is 17.2 Å². The number of para-hydroxylation sites is 2. The molecule has 176 valence electrons. The molecular formula is C28H20N4O4. The van der Waals surface area contributed by atoms with E-state index in [4.69, 9.17) is 0 Å². The van der Waals surface area contributed by atoms with Crippen molar-refractivity contribution in [1.82, 2.24) is 9.78 Å². The lowest BCUT2D eigenvalue weighted by molar-refractivity contribution is -0.136. The zero-order valence-corrected chi connectivity index (χ0v) is 19.0. The van der Waals surface area contributed by atoms with Crippen LogP contribution in [0.4, 0.5) is 5.69 Å². The second-order valence-electron chi connectivity index (χ2n) is 8.34. The SMILES string of the molecule is N#CC(C(=O)c1nn(-c2ccccc2)c2c1Cc1ccccc1-2)C(=O)N(CC(=O)O)c1ccccc1. The van der Waals surface area contributed by atoms with Gasteiger partial charge in [0.25, 0.3) is 5.91 Å². The zero-order valence-electron chi connectivity index (χ0n) is 19.0. The first-order chi connectivity index (χ1) is 17.5. The fourth-order valence-electron chi connectivity index (χ4n) is 4.50. The average Bonchev–Trinajstić information content (AvgIpc) is 3.46. The molecule has 1 amide bonds. The fourth-order valence-corrected chi connectivity index (χ4v) is 4.50. The first-order valence-corrected chi connectivity index (χ1v) is 11.3. The maximum absolute atomic E-state index is 13.7. The van der Waals surface area contributed by atoms with E-state index in [9.17, 15) is 24.8 Å². The minimum absolute atomic E-state index is 0.0355. The summed E-state index contributed by atoms with van der Waals surface area (Å²) < 4.78 is 1.67. The number of aliphatic carboxylic acids is 1. The molecule has 1 N–H and O–H groups in total. The van der Waals surface area contributed by atoms with E-state index in [-0.39, 0.29) is 11.4 Å². The number of hydrogen-bond donors (Lipinski definition) is 1. The van der Waals surface area contributed by atoms with Crippen molar-refractivity contribution in [2.24, 2.45) is 5.92 Å². The number of nitrogens with zero attached hydrogens (tertiary/aromatic N) is 4. The molecule has 0 aliphatic heterocycles. The highest BCUT2D eigenvalue weighted by atomic mass is 16.4. The Hall–Kier alpha value is -5.03. The maximum atomic E-state index is 13.7. The second kappa shape index (κ2) is 9.31. The van der Waals surface area contributed by atoms with Crippen LogP contribution in [-0.4, -0.2) is 39.1 Å². The number of aromatic nitrogens is 2. The lowest BCUT2D eigenvalue weighted by Gasteiger charge is -2.22. The molecule has 8 nitrogen and oxygen atoms in total. The molecule has 4 aromatic rings. The van der Waals surface area contributed by atoms with E-state index in [1.807, 2.05) is 54.6 Å². The van der Waals surface area contributed by atoms with E-state index in [1.54, 1.807) is 41.1 Å². The number of carbonyl (C=O) groups is 3. The first-order valence-electron chi connectivity index (χ1n) is 11.3. The summed E-state index contributed by atoms with van der Waals surface area (Å²) in [6, 6.07) is 27.0. The van der Waals surface area contributed by atoms with Gasteiger partial charge in [-0.1, -0.05) is 60.7 Å². The van der Waals surface area contributed by atoms with Gasteiger partial charge in [-0.3, -0.25) is 19.3 Å². The van der Waals surface area contributed by atoms with Gasteiger partial charge in [-0.2, -0.15) is 10.4 Å². The van der Waals surface area contributed by atoms with E-state index in [2.05, 4.69) is 5.10 Å². The van der Waals surface area contributed by atoms with Gasteiger partial charge >= 0.3 is 5.97 Å². The molecule has 0 fully saturated rings. The van der Waals surface area contributed by atoms with Crippen LogP contribution in [0.5, 0.6) is 0 Å². The molecule has 36 heavy (non-hydrogen) atoms. The summed E-state index contributed by atoms with van der Waals surface area (Å²) in [6.07, 6.45) is 0.434. The third-order valence-electron chi connectivity index (χ3n) is 6.12. The van der Waals surface area contributed by atoms with Gasteiger partial charge in [-0.25, -0.2) is 4.68 Å². The summed E-state index contributed by atoms with van der Waals surface area (Å²) in [4.78, 5) is 39.5. The molecule has 8 heteroatoms. The molecule has 1 aromatic heterocycles. The molecule has 3 aromatic carbocycles. The minimum atomic E-state index is -1.75. The van der Waals surface area contributed by atoms with Crippen LogP contribution in [0.3, 0.4) is 0 Å². The van der Waals surface area contributed by atoms with Crippen molar-refractivity contribution in [3.63, 3.8) is 0 Å². The molecule has 1 aliphatic carbocycles. The Morgan fingerprint density at radius 3 is 2.28 bits per heavy atom. The number of carbonyl (C=O) groups excluding carboxylic acids is 2. The number of benzene rings is 3. The third-order valence-corrected chi connectivity index (χ3v) is 6.12. The van der Waals surface area contributed by atoms with Crippen LogP contribution < -0.4 is 4.90 Å². The van der Waals surface area contributed by atoms with Crippen LogP contribution in [0.2, 0.25) is 0 Å². The van der Waals surface area contributed by atoms with Crippen LogP contribution in [0.15, 0.2) is 84.9 Å². The summed E-state index contributed by atoms with van der Waals surface area (Å²) in [7, 11) is 0. The Bertz CT molecular complexity index is 1520. The van der Waals surface area contributed by atoms with Crippen molar-refractivity contribution in [3.8, 4) is 23.0 Å². The minimum Gasteiger partial charge on any atom is -0.480 e. The number of carboxylic acid groups (broad SMARTS) is 1. The van der Waals surface area contributed by atoms with Crippen molar-refractivity contribution in [1.29, 1.82) is 5.26 Å². The second-order valence-corrected chi connectivity index (χ2v) is 8.34. The third kappa shape index (κ3) is 3.93. The number of rotatable bonds is 7. The molecule has 1 atom stereocenters. The Morgan fingerprint density at radius 1 is 0.972 bits per heavy atom. The molecule has 1 unspecified atom stereocenters. The molecule has 1 aliphatic rings. The normalized spacial score (nSPS) is 12.2. The fraction of sp³-hybridized carbons (Fsp3) is 0.107. The number of hydrogen-bond acceptors (Lipinski definition) is 5. The number of nitriles is 1. The van der Waals surface area contributed by atoms with Gasteiger partial charge in [0, 0.05) is 23.2 Å². The lowest BCUT2D eigenvalue weighted by Crippen LogP contribution is -2.42. The largest absolute Gasteiger partial charge is 0.480 e. The van der Waals surface area contributed by atoms with E-state index in [0.29, 0.717) is 12.0 Å². The van der Waals surface area contributed by atoms with Gasteiger partial charge in [0.2, 0.25) is 5.78 Å². The summed E-state index contributed by atoms with van der Waals surface area (Å²) in [5.74, 6) is -4.68. The van der Waals surface area contributed by atoms with Gasteiger partial charge in [-0.05, 0) is 29.8 Å². The highest BCUT2D eigenvalue weighted by molar-refractivity contribution is 6.17. The highest BCUT2D eigenvalue weighted by Crippen LogP contribution is 2.40. The first kappa shape index (κ1) is 22.7. The highest BCUT2D eigenvalue weighted by Gasteiger charge is 2.38. The zero-order chi connectivity index (χ0) is 25.2. The molecule has 0 bridgehead atoms. The van der Waals surface area contributed by atoms with E-state index >= 15 is 0 Å². The van der Waals surface area contributed by atoms with Crippen molar-refractivity contribution < 1.29 is 19.5 Å². The van der Waals surface area contributed by atoms with Crippen molar-refractivity contribution in [2.45, 2.75) is 6.42 Å². The summed E-state index contributed by atoms with van der Waals surface area (Å²) in [5.41, 5.74) is 4.39. The van der Waals surface area contributed by atoms with Gasteiger partial charge in [0.1, 0.15) is 12.2 Å². The standard InChI is InChI=1S/C28H20N4O4/c29-16-23(28(36)31(17-24(33)34)19-10-3-1-4-11-19)27(35)25-22-15-18-9-7-8-14-21(18)26(22)32(30-25)20-12-5-2-6-13-20/h1-14,23H,15,17H2,(H,33,34). The monoisotopic (exact) mass is 476 g/mol. The summed E-state index contributed by atoms with van der Waals surface area (Å²) in [5, 5.41) is 23.9. The maximum Gasteiger partial charge on any atom is 0.323 e. The number of amides is 1. The van der Waals surface area contributed by atoms with Crippen molar-refractivity contribution in [2.75, 3.05) is 11.4 Å². The average molecular weight is 476 g/mol. The molecule has 0 saturated carbocycles. The Balaban J connectivity index is 1.59. The van der Waals surface area contributed by atoms with E-state index in [1.165, 1.54) is 0 Å². The topological polar surface area (TPSA) is 116 Å². The Morgan fingerprint density at radius 2 is 1.61 bits per heavy atom. The molecule has 0 saturated heterocycles. The summed E-state index contributed by atoms with van der Waals surface area (Å²) >= 11 is 0. The molecule has 0 spiro atoms. The Kier molecular flexibility index (Phi) is 5.88. The van der Waals surface area contributed by atoms with Gasteiger partial charge in [0.15, 0.2) is 5.92 Å². The predicted molar refractivity (Wildman–Crippen MR) is 132 cm³/mol. The Labute approximate surface area is 206 Å². The van der Waals surface area contributed by atoms with E-state index < -0.39 is 30.1 Å². The van der Waals surface area contributed by atoms with Crippen LogP contribution in [0.25, 0.3) is 16.9 Å². The van der Waals surface area contributed by atoms with Gasteiger partial charge in [0.05, 0.1) is 17.5 Å². The predicted octanol–water partition coefficient (Wildman–Crippen LogP) is 3.88. The molecule has 1 heterocycles. The quantitative estimate of drug-likeness (QED) is 0.281. The van der Waals surface area contributed by atoms with Crippen LogP contribution >= 0.6 is 0 Å². The number of carboxylic acids is 1. The molecule has 0 radical (unpaired) electrons. The number of Topliss-reactive ketones (excluding diaryl/α,β-unsaturated/α-hetero) is 1. The van der Waals surface area contributed by atoms with Crippen molar-refractivity contribution >= 4 is 23.3 Å². The lowest BCUT2D eigenvalue weighted by atomic mass is 9.97. The molecular weight excluding hydrogens is 456 g/mol. The van der Waals surface area contributed by atoms with Gasteiger partial charge < -0.3 is 5.11 Å². The van der Waals surface area contributed by atoms with Crippen LogP contribution in [0.1, 0.15) is 21.6 Å². The number of fused-ring (bicyclic) bond motifs is 3. The number of anilines is 1. The van der Waals surface area contributed by atoms with Gasteiger partial charge in [-0.15, -0.1) is 0 Å². The summed E-state index contributed by atoms with van der Waals surface area (Å²) in [6.45, 7) is -0.684. The van der Waals surface area contributed by atoms with Crippen molar-refractivity contribution in [3.05, 3.63) is 102 Å². The van der Waals surface area contributed by atoms with E-state index in [0.717, 1.165) is 27.4 Å². The smallest absolute Gasteiger partial charge is 0.323 e.